The molecule has 0 spiro atoms. The van der Waals surface area contributed by atoms with E-state index in [4.69, 9.17) is 17.3 Å². The van der Waals surface area contributed by atoms with Gasteiger partial charge >= 0.3 is 0 Å². The third-order valence-corrected chi connectivity index (χ3v) is 6.02. The number of pyridine rings is 1. The summed E-state index contributed by atoms with van der Waals surface area (Å²) in [6.45, 7) is 3.32. The van der Waals surface area contributed by atoms with E-state index in [9.17, 15) is 0 Å². The molecule has 0 bridgehead atoms. The largest absolute Gasteiger partial charge is 0.295 e. The van der Waals surface area contributed by atoms with Crippen LogP contribution in [0.25, 0.3) is 11.4 Å². The molecule has 0 radical (unpaired) electrons. The molecule has 1 aliphatic rings. The van der Waals surface area contributed by atoms with E-state index < -0.39 is 0 Å². The van der Waals surface area contributed by atoms with Crippen molar-refractivity contribution in [1.29, 1.82) is 0 Å². The fraction of sp³-hybridized carbons (Fsp3) is 0.208. The van der Waals surface area contributed by atoms with Crippen molar-refractivity contribution in [3.05, 3.63) is 101 Å². The van der Waals surface area contributed by atoms with Gasteiger partial charge in [-0.2, -0.15) is 5.10 Å². The maximum Gasteiger partial charge on any atom is 0.199 e. The van der Waals surface area contributed by atoms with Gasteiger partial charge in [0.2, 0.25) is 0 Å². The molecule has 2 aromatic heterocycles. The van der Waals surface area contributed by atoms with Crippen LogP contribution in [0, 0.1) is 4.77 Å². The fourth-order valence-electron chi connectivity index (χ4n) is 4.02. The average Bonchev–Trinajstić information content (AvgIpc) is 3.10. The molecule has 0 N–H and O–H groups in total. The zero-order chi connectivity index (χ0) is 20.3. The standard InChI is InChI=1S/C24H23N5S/c30-24-28(16-19-6-2-1-3-7-19)23(21-10-13-25-14-11-21)26-29(24)18-27-15-12-20-8-4-5-9-22(20)17-27/h1-11,13-14H,12,15-18H2. The van der Waals surface area contributed by atoms with E-state index in [2.05, 4.69) is 63.0 Å². The van der Waals surface area contributed by atoms with Crippen LogP contribution in [-0.2, 0) is 26.2 Å². The molecule has 2 aromatic carbocycles. The smallest absolute Gasteiger partial charge is 0.199 e. The van der Waals surface area contributed by atoms with Gasteiger partial charge in [-0.25, -0.2) is 4.68 Å². The molecule has 30 heavy (non-hydrogen) atoms. The Morgan fingerprint density at radius 1 is 0.867 bits per heavy atom. The summed E-state index contributed by atoms with van der Waals surface area (Å²) >= 11 is 5.88. The highest BCUT2D eigenvalue weighted by Crippen LogP contribution is 2.22. The van der Waals surface area contributed by atoms with Crippen molar-refractivity contribution in [2.75, 3.05) is 6.54 Å². The number of benzene rings is 2. The minimum absolute atomic E-state index is 0.688. The van der Waals surface area contributed by atoms with Gasteiger partial charge in [-0.1, -0.05) is 54.6 Å². The van der Waals surface area contributed by atoms with Crippen LogP contribution in [0.3, 0.4) is 0 Å². The van der Waals surface area contributed by atoms with Gasteiger partial charge in [-0.05, 0) is 47.5 Å². The molecule has 0 aliphatic carbocycles. The Morgan fingerprint density at radius 3 is 2.40 bits per heavy atom. The predicted octanol–water partition coefficient (Wildman–Crippen LogP) is 4.54. The van der Waals surface area contributed by atoms with Crippen LogP contribution >= 0.6 is 12.2 Å². The molecule has 0 amide bonds. The first-order valence-electron chi connectivity index (χ1n) is 10.2. The topological polar surface area (TPSA) is 38.9 Å². The summed E-state index contributed by atoms with van der Waals surface area (Å²) < 4.78 is 4.82. The number of rotatable bonds is 5. The second-order valence-corrected chi connectivity index (χ2v) is 7.99. The number of nitrogens with zero attached hydrogens (tertiary/aromatic N) is 5. The molecule has 3 heterocycles. The normalized spacial score (nSPS) is 13.9. The summed E-state index contributed by atoms with van der Waals surface area (Å²) in [5.74, 6) is 0.878. The van der Waals surface area contributed by atoms with Crippen LogP contribution in [0.1, 0.15) is 16.7 Å². The molecule has 0 fully saturated rings. The van der Waals surface area contributed by atoms with Crippen LogP contribution < -0.4 is 0 Å². The molecule has 4 aromatic rings. The van der Waals surface area contributed by atoms with Gasteiger partial charge in [0, 0.05) is 31.0 Å². The lowest BCUT2D eigenvalue weighted by molar-refractivity contribution is 0.188. The number of aromatic nitrogens is 4. The first kappa shape index (κ1) is 18.9. The molecule has 5 nitrogen and oxygen atoms in total. The Bertz CT molecular complexity index is 1200. The minimum Gasteiger partial charge on any atom is -0.295 e. The zero-order valence-corrected chi connectivity index (χ0v) is 17.5. The molecule has 0 unspecified atom stereocenters. The van der Waals surface area contributed by atoms with E-state index in [1.165, 1.54) is 16.7 Å². The molecule has 0 saturated heterocycles. The lowest BCUT2D eigenvalue weighted by Gasteiger charge is -2.28. The highest BCUT2D eigenvalue weighted by Gasteiger charge is 2.19. The van der Waals surface area contributed by atoms with Crippen molar-refractivity contribution < 1.29 is 0 Å². The maximum absolute atomic E-state index is 5.88. The Labute approximate surface area is 181 Å². The van der Waals surface area contributed by atoms with E-state index in [-0.39, 0.29) is 0 Å². The quantitative estimate of drug-likeness (QED) is 0.450. The van der Waals surface area contributed by atoms with E-state index in [1.807, 2.05) is 22.9 Å². The number of hydrogen-bond acceptors (Lipinski definition) is 4. The first-order chi connectivity index (χ1) is 14.8. The van der Waals surface area contributed by atoms with Crippen molar-refractivity contribution in [1.82, 2.24) is 24.2 Å². The van der Waals surface area contributed by atoms with E-state index in [0.717, 1.165) is 35.7 Å². The van der Waals surface area contributed by atoms with Gasteiger partial charge in [0.05, 0.1) is 13.2 Å². The van der Waals surface area contributed by atoms with Crippen LogP contribution in [-0.4, -0.2) is 30.8 Å². The molecule has 0 atom stereocenters. The third kappa shape index (κ3) is 3.84. The monoisotopic (exact) mass is 413 g/mol. The highest BCUT2D eigenvalue weighted by molar-refractivity contribution is 7.71. The van der Waals surface area contributed by atoms with Crippen molar-refractivity contribution >= 4 is 12.2 Å². The van der Waals surface area contributed by atoms with Crippen LogP contribution in [0.5, 0.6) is 0 Å². The summed E-state index contributed by atoms with van der Waals surface area (Å²) in [5.41, 5.74) is 5.07. The Hall–Kier alpha value is -3.09. The Kier molecular flexibility index (Phi) is 5.26. The molecule has 0 saturated carbocycles. The molecular weight excluding hydrogens is 390 g/mol. The van der Waals surface area contributed by atoms with E-state index in [1.54, 1.807) is 12.4 Å². The maximum atomic E-state index is 5.88. The lowest BCUT2D eigenvalue weighted by atomic mass is 10.0. The summed E-state index contributed by atoms with van der Waals surface area (Å²) in [6, 6.07) is 23.0. The van der Waals surface area contributed by atoms with Gasteiger partial charge in [-0.15, -0.1) is 0 Å². The molecule has 6 heteroatoms. The van der Waals surface area contributed by atoms with Gasteiger partial charge < -0.3 is 0 Å². The van der Waals surface area contributed by atoms with Crippen LogP contribution in [0.15, 0.2) is 79.1 Å². The molecular formula is C24H23N5S. The summed E-state index contributed by atoms with van der Waals surface area (Å²) in [6.07, 6.45) is 4.66. The first-order valence-corrected chi connectivity index (χ1v) is 10.6. The summed E-state index contributed by atoms with van der Waals surface area (Å²) in [7, 11) is 0. The summed E-state index contributed by atoms with van der Waals surface area (Å²) in [4.78, 5) is 6.56. The second-order valence-electron chi connectivity index (χ2n) is 7.63. The predicted molar refractivity (Wildman–Crippen MR) is 120 cm³/mol. The van der Waals surface area contributed by atoms with Crippen molar-refractivity contribution in [2.24, 2.45) is 0 Å². The van der Waals surface area contributed by atoms with E-state index in [0.29, 0.717) is 13.2 Å². The zero-order valence-electron chi connectivity index (χ0n) is 16.7. The summed E-state index contributed by atoms with van der Waals surface area (Å²) in [5, 5.41) is 4.93. The highest BCUT2D eigenvalue weighted by atomic mass is 32.1. The molecule has 5 rings (SSSR count). The van der Waals surface area contributed by atoms with Gasteiger partial charge in [0.1, 0.15) is 0 Å². The van der Waals surface area contributed by atoms with Gasteiger partial charge in [-0.3, -0.25) is 14.5 Å². The van der Waals surface area contributed by atoms with Gasteiger partial charge in [0.25, 0.3) is 0 Å². The van der Waals surface area contributed by atoms with Crippen molar-refractivity contribution in [3.8, 4) is 11.4 Å². The SMILES string of the molecule is S=c1n(CN2CCc3ccccc3C2)nc(-c2ccncc2)n1Cc1ccccc1. The average molecular weight is 414 g/mol. The van der Waals surface area contributed by atoms with Crippen molar-refractivity contribution in [2.45, 2.75) is 26.2 Å². The van der Waals surface area contributed by atoms with Gasteiger partial charge in [0.15, 0.2) is 10.6 Å². The van der Waals surface area contributed by atoms with Crippen LogP contribution in [0.2, 0.25) is 0 Å². The minimum atomic E-state index is 0.688. The molecule has 1 aliphatic heterocycles. The van der Waals surface area contributed by atoms with Crippen LogP contribution in [0.4, 0.5) is 0 Å². The lowest BCUT2D eigenvalue weighted by Crippen LogP contribution is -2.32. The molecule has 150 valence electrons. The second kappa shape index (κ2) is 8.34. The fourth-order valence-corrected chi connectivity index (χ4v) is 4.27. The number of hydrogen-bond donors (Lipinski definition) is 0. The Balaban J connectivity index is 1.48. The van der Waals surface area contributed by atoms with E-state index >= 15 is 0 Å². The number of fused-ring (bicyclic) bond motifs is 1. The Morgan fingerprint density at radius 2 is 1.60 bits per heavy atom. The van der Waals surface area contributed by atoms with Crippen molar-refractivity contribution in [3.63, 3.8) is 0 Å². The third-order valence-electron chi connectivity index (χ3n) is 5.59.